The van der Waals surface area contributed by atoms with E-state index in [1.807, 2.05) is 0 Å². The summed E-state index contributed by atoms with van der Waals surface area (Å²) < 4.78 is 5.39. The van der Waals surface area contributed by atoms with Crippen molar-refractivity contribution in [3.8, 4) is 0 Å². The van der Waals surface area contributed by atoms with Crippen molar-refractivity contribution in [3.05, 3.63) is 24.3 Å². The fourth-order valence-corrected chi connectivity index (χ4v) is 1.38. The molecule has 0 aliphatic heterocycles. The Kier molecular flexibility index (Phi) is 6.22. The van der Waals surface area contributed by atoms with E-state index in [9.17, 15) is 4.79 Å². The van der Waals surface area contributed by atoms with Gasteiger partial charge >= 0.3 is 0 Å². The summed E-state index contributed by atoms with van der Waals surface area (Å²) in [6, 6.07) is 7.09. The molecule has 1 aromatic carbocycles. The maximum atomic E-state index is 11.6. The molecule has 0 unspecified atom stereocenters. The molecule has 18 heavy (non-hydrogen) atoms. The predicted molar refractivity (Wildman–Crippen MR) is 74.4 cm³/mol. The summed E-state index contributed by atoms with van der Waals surface area (Å²) >= 11 is 0. The second-order valence-electron chi connectivity index (χ2n) is 4.72. The molecule has 0 bridgehead atoms. The Morgan fingerprint density at radius 1 is 1.28 bits per heavy atom. The molecule has 0 aromatic heterocycles. The Balaban J connectivity index is 2.16. The molecule has 0 radical (unpaired) electrons. The molecule has 0 aliphatic carbocycles. The number of nitrogens with two attached hydrogens (primary N) is 1. The van der Waals surface area contributed by atoms with E-state index in [0.29, 0.717) is 31.2 Å². The van der Waals surface area contributed by atoms with Crippen molar-refractivity contribution < 1.29 is 9.53 Å². The smallest absolute Gasteiger partial charge is 0.226 e. The number of nitrogens with one attached hydrogen (secondary N) is 1. The highest BCUT2D eigenvalue weighted by Crippen LogP contribution is 2.10. The number of hydrogen-bond acceptors (Lipinski definition) is 3. The third-order valence-corrected chi connectivity index (χ3v) is 2.51. The van der Waals surface area contributed by atoms with Gasteiger partial charge < -0.3 is 15.8 Å². The zero-order chi connectivity index (χ0) is 13.4. The van der Waals surface area contributed by atoms with Gasteiger partial charge in [0.1, 0.15) is 0 Å². The summed E-state index contributed by atoms with van der Waals surface area (Å²) in [4.78, 5) is 11.6. The number of rotatable bonds is 7. The minimum atomic E-state index is -0.0377. The SMILES string of the molecule is CC(C)CCOCCC(=O)Nc1ccc(N)cc1. The fraction of sp³-hybridized carbons (Fsp3) is 0.500. The average molecular weight is 250 g/mol. The third-order valence-electron chi connectivity index (χ3n) is 2.51. The number of benzene rings is 1. The molecule has 3 N–H and O–H groups in total. The molecule has 0 saturated heterocycles. The van der Waals surface area contributed by atoms with E-state index in [1.54, 1.807) is 24.3 Å². The van der Waals surface area contributed by atoms with Gasteiger partial charge in [-0.25, -0.2) is 0 Å². The summed E-state index contributed by atoms with van der Waals surface area (Å²) in [7, 11) is 0. The maximum Gasteiger partial charge on any atom is 0.226 e. The van der Waals surface area contributed by atoms with Gasteiger partial charge in [0.2, 0.25) is 5.91 Å². The Labute approximate surface area is 109 Å². The summed E-state index contributed by atoms with van der Waals surface area (Å²) in [5, 5.41) is 2.79. The average Bonchev–Trinajstić information content (AvgIpc) is 2.31. The topological polar surface area (TPSA) is 64.3 Å². The van der Waals surface area contributed by atoms with E-state index < -0.39 is 0 Å². The standard InChI is InChI=1S/C14H22N2O2/c1-11(2)7-9-18-10-8-14(17)16-13-5-3-12(15)4-6-13/h3-6,11H,7-10,15H2,1-2H3,(H,16,17). The highest BCUT2D eigenvalue weighted by atomic mass is 16.5. The molecule has 100 valence electrons. The molecule has 1 rings (SSSR count). The predicted octanol–water partition coefficient (Wildman–Crippen LogP) is 2.66. The quantitative estimate of drug-likeness (QED) is 0.577. The van der Waals surface area contributed by atoms with Crippen molar-refractivity contribution in [3.63, 3.8) is 0 Å². The molecule has 4 nitrogen and oxygen atoms in total. The lowest BCUT2D eigenvalue weighted by molar-refractivity contribution is -0.117. The van der Waals surface area contributed by atoms with Crippen LogP contribution in [0.3, 0.4) is 0 Å². The van der Waals surface area contributed by atoms with Crippen molar-refractivity contribution in [2.24, 2.45) is 5.92 Å². The number of carbonyl (C=O) groups excluding carboxylic acids is 1. The third kappa shape index (κ3) is 6.25. The first-order chi connectivity index (χ1) is 8.58. The van der Waals surface area contributed by atoms with Crippen LogP contribution in [0.5, 0.6) is 0 Å². The molecule has 0 atom stereocenters. The van der Waals surface area contributed by atoms with Gasteiger partial charge in [-0.15, -0.1) is 0 Å². The van der Waals surface area contributed by atoms with Gasteiger partial charge in [0.25, 0.3) is 0 Å². The van der Waals surface area contributed by atoms with Crippen molar-refractivity contribution >= 4 is 17.3 Å². The second kappa shape index (κ2) is 7.71. The first-order valence-corrected chi connectivity index (χ1v) is 6.31. The summed E-state index contributed by atoms with van der Waals surface area (Å²) in [5.41, 5.74) is 7.01. The van der Waals surface area contributed by atoms with Gasteiger partial charge in [-0.3, -0.25) is 4.79 Å². The van der Waals surface area contributed by atoms with Crippen molar-refractivity contribution in [1.29, 1.82) is 0 Å². The van der Waals surface area contributed by atoms with E-state index in [-0.39, 0.29) is 5.91 Å². The van der Waals surface area contributed by atoms with Crippen LogP contribution in [0.1, 0.15) is 26.7 Å². The van der Waals surface area contributed by atoms with Crippen LogP contribution in [-0.4, -0.2) is 19.1 Å². The molecule has 4 heteroatoms. The number of carbonyl (C=O) groups is 1. The molecule has 1 aromatic rings. The number of ether oxygens (including phenoxy) is 1. The fourth-order valence-electron chi connectivity index (χ4n) is 1.38. The Morgan fingerprint density at radius 2 is 1.94 bits per heavy atom. The summed E-state index contributed by atoms with van der Waals surface area (Å²) in [6.45, 7) is 5.48. The van der Waals surface area contributed by atoms with E-state index in [1.165, 1.54) is 0 Å². The van der Waals surface area contributed by atoms with Gasteiger partial charge in [-0.2, -0.15) is 0 Å². The first kappa shape index (κ1) is 14.5. The van der Waals surface area contributed by atoms with Gasteiger partial charge in [0, 0.05) is 18.0 Å². The van der Waals surface area contributed by atoms with Crippen molar-refractivity contribution in [1.82, 2.24) is 0 Å². The largest absolute Gasteiger partial charge is 0.399 e. The molecule has 0 heterocycles. The lowest BCUT2D eigenvalue weighted by atomic mass is 10.1. The molecule has 0 spiro atoms. The lowest BCUT2D eigenvalue weighted by Gasteiger charge is -2.07. The van der Waals surface area contributed by atoms with Gasteiger partial charge in [-0.05, 0) is 36.6 Å². The van der Waals surface area contributed by atoms with Crippen LogP contribution in [0.2, 0.25) is 0 Å². The number of hydrogen-bond donors (Lipinski definition) is 2. The number of nitrogen functional groups attached to an aromatic ring is 1. The van der Waals surface area contributed by atoms with Crippen molar-refractivity contribution in [2.45, 2.75) is 26.7 Å². The number of anilines is 2. The zero-order valence-corrected chi connectivity index (χ0v) is 11.1. The van der Waals surface area contributed by atoms with Crippen LogP contribution in [-0.2, 0) is 9.53 Å². The molecular weight excluding hydrogens is 228 g/mol. The Morgan fingerprint density at radius 3 is 2.56 bits per heavy atom. The molecule has 0 aliphatic rings. The first-order valence-electron chi connectivity index (χ1n) is 6.31. The van der Waals surface area contributed by atoms with Gasteiger partial charge in [-0.1, -0.05) is 13.8 Å². The maximum absolute atomic E-state index is 11.6. The summed E-state index contributed by atoms with van der Waals surface area (Å²) in [5.74, 6) is 0.595. The van der Waals surface area contributed by atoms with Crippen LogP contribution in [0.15, 0.2) is 24.3 Å². The van der Waals surface area contributed by atoms with E-state index in [4.69, 9.17) is 10.5 Å². The second-order valence-corrected chi connectivity index (χ2v) is 4.72. The highest BCUT2D eigenvalue weighted by molar-refractivity contribution is 5.90. The van der Waals surface area contributed by atoms with Gasteiger partial charge in [0.15, 0.2) is 0 Å². The minimum Gasteiger partial charge on any atom is -0.399 e. The van der Waals surface area contributed by atoms with E-state index in [2.05, 4.69) is 19.2 Å². The van der Waals surface area contributed by atoms with Crippen LogP contribution in [0, 0.1) is 5.92 Å². The van der Waals surface area contributed by atoms with Crippen LogP contribution < -0.4 is 11.1 Å². The highest BCUT2D eigenvalue weighted by Gasteiger charge is 2.02. The van der Waals surface area contributed by atoms with Crippen LogP contribution in [0.25, 0.3) is 0 Å². The number of amides is 1. The van der Waals surface area contributed by atoms with Crippen LogP contribution >= 0.6 is 0 Å². The zero-order valence-electron chi connectivity index (χ0n) is 11.1. The normalized spacial score (nSPS) is 10.6. The van der Waals surface area contributed by atoms with Gasteiger partial charge in [0.05, 0.1) is 13.0 Å². The molecular formula is C14H22N2O2. The monoisotopic (exact) mass is 250 g/mol. The molecule has 0 fully saturated rings. The van der Waals surface area contributed by atoms with Crippen LogP contribution in [0.4, 0.5) is 11.4 Å². The molecule has 0 saturated carbocycles. The van der Waals surface area contributed by atoms with Crippen molar-refractivity contribution in [2.75, 3.05) is 24.3 Å². The van der Waals surface area contributed by atoms with E-state index >= 15 is 0 Å². The lowest BCUT2D eigenvalue weighted by Crippen LogP contribution is -2.14. The Hall–Kier alpha value is -1.55. The minimum absolute atomic E-state index is 0.0377. The van der Waals surface area contributed by atoms with E-state index in [0.717, 1.165) is 12.1 Å². The summed E-state index contributed by atoms with van der Waals surface area (Å²) in [6.07, 6.45) is 1.40. The Bertz CT molecular complexity index is 361. The molecule has 1 amide bonds.